The minimum atomic E-state index is -0.692. The molecule has 122 valence electrons. The molecule has 0 bridgehead atoms. The molecule has 1 saturated heterocycles. The van der Waals surface area contributed by atoms with Gasteiger partial charge >= 0.3 is 0 Å². The molecule has 0 radical (unpaired) electrons. The molecule has 0 spiro atoms. The first-order chi connectivity index (χ1) is 11.2. The number of amides is 1. The fourth-order valence-corrected chi connectivity index (χ4v) is 3.12. The van der Waals surface area contributed by atoms with Crippen molar-refractivity contribution in [2.75, 3.05) is 31.6 Å². The van der Waals surface area contributed by atoms with Crippen LogP contribution in [0.2, 0.25) is 0 Å². The number of aromatic nitrogens is 1. The van der Waals surface area contributed by atoms with E-state index in [2.05, 4.69) is 15.2 Å². The van der Waals surface area contributed by atoms with E-state index >= 15 is 0 Å². The maximum absolute atomic E-state index is 12.2. The number of ether oxygens (including phenoxy) is 1. The van der Waals surface area contributed by atoms with Gasteiger partial charge in [0.25, 0.3) is 0 Å². The van der Waals surface area contributed by atoms with E-state index < -0.39 is 6.04 Å². The Kier molecular flexibility index (Phi) is 5.35. The number of morpholine rings is 1. The van der Waals surface area contributed by atoms with Gasteiger partial charge in [-0.05, 0) is 5.56 Å². The zero-order valence-corrected chi connectivity index (χ0v) is 13.6. The fraction of sp³-hybridized carbons (Fsp3) is 0.375. The van der Waals surface area contributed by atoms with Crippen molar-refractivity contribution < 1.29 is 9.53 Å². The van der Waals surface area contributed by atoms with Crippen molar-refractivity contribution in [2.45, 2.75) is 12.6 Å². The standard InChI is InChI=1S/C16H20N4O2S/c17-14(12-4-2-1-3-5-12)15(21)19-16-18-13(11-23-16)10-20-6-8-22-9-7-20/h1-5,11,14H,6-10,17H2,(H,18,19,21). The van der Waals surface area contributed by atoms with E-state index in [-0.39, 0.29) is 5.91 Å². The summed E-state index contributed by atoms with van der Waals surface area (Å²) in [5.41, 5.74) is 7.73. The number of nitrogens with one attached hydrogen (secondary N) is 1. The Labute approximate surface area is 139 Å². The highest BCUT2D eigenvalue weighted by Crippen LogP contribution is 2.19. The van der Waals surface area contributed by atoms with Crippen LogP contribution in [0, 0.1) is 0 Å². The Bertz CT molecular complexity index is 641. The topological polar surface area (TPSA) is 80.5 Å². The number of nitrogens with two attached hydrogens (primary N) is 1. The van der Waals surface area contributed by atoms with Gasteiger partial charge in [-0.25, -0.2) is 4.98 Å². The van der Waals surface area contributed by atoms with Gasteiger partial charge in [-0.1, -0.05) is 30.3 Å². The summed E-state index contributed by atoms with van der Waals surface area (Å²) in [6, 6.07) is 8.62. The van der Waals surface area contributed by atoms with E-state index in [1.54, 1.807) is 0 Å². The maximum atomic E-state index is 12.2. The molecule has 6 nitrogen and oxygen atoms in total. The Morgan fingerprint density at radius 2 is 2.09 bits per heavy atom. The Hall–Kier alpha value is -1.80. The van der Waals surface area contributed by atoms with E-state index in [0.717, 1.165) is 44.1 Å². The van der Waals surface area contributed by atoms with Gasteiger partial charge in [-0.2, -0.15) is 0 Å². The van der Waals surface area contributed by atoms with Crippen LogP contribution in [0.25, 0.3) is 0 Å². The normalized spacial score (nSPS) is 16.9. The van der Waals surface area contributed by atoms with Crippen LogP contribution in [0.15, 0.2) is 35.7 Å². The lowest BCUT2D eigenvalue weighted by atomic mass is 10.1. The predicted molar refractivity (Wildman–Crippen MR) is 90.2 cm³/mol. The number of thiazole rings is 1. The van der Waals surface area contributed by atoms with Crippen LogP contribution in [0.3, 0.4) is 0 Å². The minimum absolute atomic E-state index is 0.247. The first kappa shape index (κ1) is 16.1. The molecule has 2 aromatic rings. The van der Waals surface area contributed by atoms with Gasteiger partial charge in [0.05, 0.1) is 18.9 Å². The molecule has 1 unspecified atom stereocenters. The third kappa shape index (κ3) is 4.35. The van der Waals surface area contributed by atoms with E-state index in [1.807, 2.05) is 35.7 Å². The average Bonchev–Trinajstić information content (AvgIpc) is 3.02. The van der Waals surface area contributed by atoms with E-state index in [4.69, 9.17) is 10.5 Å². The Morgan fingerprint density at radius 1 is 1.35 bits per heavy atom. The lowest BCUT2D eigenvalue weighted by Crippen LogP contribution is -2.35. The number of carbonyl (C=O) groups is 1. The monoisotopic (exact) mass is 332 g/mol. The third-order valence-corrected chi connectivity index (χ3v) is 4.52. The third-order valence-electron chi connectivity index (χ3n) is 3.71. The van der Waals surface area contributed by atoms with Gasteiger partial charge in [0.1, 0.15) is 6.04 Å². The first-order valence-electron chi connectivity index (χ1n) is 7.58. The molecule has 23 heavy (non-hydrogen) atoms. The highest BCUT2D eigenvalue weighted by Gasteiger charge is 2.18. The second kappa shape index (κ2) is 7.65. The van der Waals surface area contributed by atoms with Crippen LogP contribution in [0.1, 0.15) is 17.3 Å². The lowest BCUT2D eigenvalue weighted by Gasteiger charge is -2.25. The van der Waals surface area contributed by atoms with Crippen molar-refractivity contribution in [3.63, 3.8) is 0 Å². The molecule has 1 amide bonds. The zero-order chi connectivity index (χ0) is 16.1. The molecule has 1 fully saturated rings. The Balaban J connectivity index is 1.56. The molecule has 1 aliphatic heterocycles. The van der Waals surface area contributed by atoms with Crippen LogP contribution >= 0.6 is 11.3 Å². The highest BCUT2D eigenvalue weighted by molar-refractivity contribution is 7.13. The van der Waals surface area contributed by atoms with Gasteiger partial charge < -0.3 is 15.8 Å². The smallest absolute Gasteiger partial charge is 0.247 e. The van der Waals surface area contributed by atoms with Crippen LogP contribution < -0.4 is 11.1 Å². The van der Waals surface area contributed by atoms with Crippen molar-refractivity contribution in [1.29, 1.82) is 0 Å². The fourth-order valence-electron chi connectivity index (χ4n) is 2.42. The van der Waals surface area contributed by atoms with E-state index in [9.17, 15) is 4.79 Å². The molecule has 7 heteroatoms. The molecule has 1 aliphatic rings. The molecule has 0 aliphatic carbocycles. The number of hydrogen-bond donors (Lipinski definition) is 2. The maximum Gasteiger partial charge on any atom is 0.247 e. The summed E-state index contributed by atoms with van der Waals surface area (Å²) in [7, 11) is 0. The summed E-state index contributed by atoms with van der Waals surface area (Å²) in [6.45, 7) is 4.13. The van der Waals surface area contributed by atoms with Crippen LogP contribution in [-0.2, 0) is 16.1 Å². The van der Waals surface area contributed by atoms with Gasteiger partial charge in [0.15, 0.2) is 5.13 Å². The Morgan fingerprint density at radius 3 is 2.83 bits per heavy atom. The molecular weight excluding hydrogens is 312 g/mol. The number of anilines is 1. The quantitative estimate of drug-likeness (QED) is 0.869. The van der Waals surface area contributed by atoms with Crippen molar-refractivity contribution in [2.24, 2.45) is 5.73 Å². The molecule has 1 atom stereocenters. The molecule has 3 N–H and O–H groups in total. The molecule has 3 rings (SSSR count). The zero-order valence-electron chi connectivity index (χ0n) is 12.8. The molecular formula is C16H20N4O2S. The van der Waals surface area contributed by atoms with Crippen molar-refractivity contribution >= 4 is 22.4 Å². The number of nitrogens with zero attached hydrogens (tertiary/aromatic N) is 2. The van der Waals surface area contributed by atoms with Crippen LogP contribution in [-0.4, -0.2) is 42.1 Å². The van der Waals surface area contributed by atoms with Crippen LogP contribution in [0.4, 0.5) is 5.13 Å². The van der Waals surface area contributed by atoms with E-state index in [0.29, 0.717) is 5.13 Å². The average molecular weight is 332 g/mol. The summed E-state index contributed by atoms with van der Waals surface area (Å²) in [6.07, 6.45) is 0. The summed E-state index contributed by atoms with van der Waals surface area (Å²) in [5.74, 6) is -0.247. The number of rotatable bonds is 5. The molecule has 0 saturated carbocycles. The second-order valence-electron chi connectivity index (χ2n) is 5.41. The predicted octanol–water partition coefficient (Wildman–Crippen LogP) is 1.61. The SMILES string of the molecule is NC(C(=O)Nc1nc(CN2CCOCC2)cs1)c1ccccc1. The summed E-state index contributed by atoms with van der Waals surface area (Å²) in [4.78, 5) is 19.0. The van der Waals surface area contributed by atoms with Crippen LogP contribution in [0.5, 0.6) is 0 Å². The van der Waals surface area contributed by atoms with Gasteiger partial charge in [-0.3, -0.25) is 9.69 Å². The second-order valence-corrected chi connectivity index (χ2v) is 6.27. The van der Waals surface area contributed by atoms with Crippen molar-refractivity contribution in [3.8, 4) is 0 Å². The summed E-state index contributed by atoms with van der Waals surface area (Å²) < 4.78 is 5.33. The van der Waals surface area contributed by atoms with Crippen molar-refractivity contribution in [3.05, 3.63) is 47.0 Å². The highest BCUT2D eigenvalue weighted by atomic mass is 32.1. The minimum Gasteiger partial charge on any atom is -0.379 e. The molecule has 1 aromatic carbocycles. The van der Waals surface area contributed by atoms with Gasteiger partial charge in [0, 0.05) is 25.0 Å². The van der Waals surface area contributed by atoms with Gasteiger partial charge in [0.2, 0.25) is 5.91 Å². The number of carbonyl (C=O) groups excluding carboxylic acids is 1. The number of benzene rings is 1. The summed E-state index contributed by atoms with van der Waals surface area (Å²) in [5, 5.41) is 5.36. The first-order valence-corrected chi connectivity index (χ1v) is 8.46. The van der Waals surface area contributed by atoms with Crippen molar-refractivity contribution in [1.82, 2.24) is 9.88 Å². The summed E-state index contributed by atoms with van der Waals surface area (Å²) >= 11 is 1.42. The molecule has 2 heterocycles. The molecule has 1 aromatic heterocycles. The van der Waals surface area contributed by atoms with E-state index in [1.165, 1.54) is 11.3 Å². The largest absolute Gasteiger partial charge is 0.379 e. The van der Waals surface area contributed by atoms with Gasteiger partial charge in [-0.15, -0.1) is 11.3 Å². The number of hydrogen-bond acceptors (Lipinski definition) is 6. The lowest BCUT2D eigenvalue weighted by molar-refractivity contribution is -0.117.